The number of urea groups is 1. The summed E-state index contributed by atoms with van der Waals surface area (Å²) >= 11 is 6.24. The largest absolute Gasteiger partial charge is 0.469 e. The lowest BCUT2D eigenvalue weighted by molar-refractivity contribution is -0.141. The highest BCUT2D eigenvalue weighted by molar-refractivity contribution is 6.31. The van der Waals surface area contributed by atoms with Gasteiger partial charge in [0.05, 0.1) is 32.0 Å². The van der Waals surface area contributed by atoms with Crippen LogP contribution in [0.5, 0.6) is 0 Å². The van der Waals surface area contributed by atoms with Crippen molar-refractivity contribution in [2.24, 2.45) is 5.73 Å². The van der Waals surface area contributed by atoms with E-state index in [1.54, 1.807) is 24.3 Å². The van der Waals surface area contributed by atoms with Crippen molar-refractivity contribution in [2.45, 2.75) is 31.8 Å². The maximum absolute atomic E-state index is 12.8. The molecule has 0 fully saturated rings. The maximum atomic E-state index is 12.8. The van der Waals surface area contributed by atoms with E-state index >= 15 is 0 Å². The number of hydrogen-bond donors (Lipinski definition) is 3. The number of hydrogen-bond acceptors (Lipinski definition) is 4. The van der Waals surface area contributed by atoms with Crippen molar-refractivity contribution < 1.29 is 19.1 Å². The minimum absolute atomic E-state index is 0.0596. The first kappa shape index (κ1) is 22.2. The number of amides is 3. The van der Waals surface area contributed by atoms with Gasteiger partial charge in [-0.15, -0.1) is 0 Å². The Morgan fingerprint density at radius 1 is 0.966 bits per heavy atom. The fraction of sp³-hybridized carbons (Fsp3) is 0.286. The summed E-state index contributed by atoms with van der Waals surface area (Å²) in [5, 5.41) is 5.84. The summed E-state index contributed by atoms with van der Waals surface area (Å²) in [7, 11) is 1.28. The Balaban J connectivity index is 2.22. The number of esters is 1. The van der Waals surface area contributed by atoms with Gasteiger partial charge in [0.15, 0.2) is 0 Å². The molecule has 2 aromatic rings. The van der Waals surface area contributed by atoms with Crippen molar-refractivity contribution in [3.8, 4) is 0 Å². The molecular formula is C21H24ClN3O4. The van der Waals surface area contributed by atoms with Crippen LogP contribution in [0.15, 0.2) is 48.5 Å². The number of carbonyl (C=O) groups excluding carboxylic acids is 3. The fourth-order valence-corrected chi connectivity index (χ4v) is 3.34. The Morgan fingerprint density at radius 3 is 2.14 bits per heavy atom. The minimum atomic E-state index is -0.733. The molecule has 0 heterocycles. The quantitative estimate of drug-likeness (QED) is 0.573. The Hall–Kier alpha value is -3.06. The topological polar surface area (TPSA) is 111 Å². The third-order valence-corrected chi connectivity index (χ3v) is 4.83. The van der Waals surface area contributed by atoms with Crippen LogP contribution in [0.1, 0.15) is 41.6 Å². The van der Waals surface area contributed by atoms with E-state index in [2.05, 4.69) is 10.6 Å². The van der Waals surface area contributed by atoms with Gasteiger partial charge in [0.2, 0.25) is 5.91 Å². The first-order valence-electron chi connectivity index (χ1n) is 9.04. The van der Waals surface area contributed by atoms with E-state index in [4.69, 9.17) is 22.1 Å². The second-order valence-electron chi connectivity index (χ2n) is 6.54. The smallest absolute Gasteiger partial charge is 0.312 e. The zero-order valence-electron chi connectivity index (χ0n) is 16.3. The Kier molecular flexibility index (Phi) is 8.03. The molecular weight excluding hydrogens is 394 g/mol. The summed E-state index contributed by atoms with van der Waals surface area (Å²) in [5.41, 5.74) is 7.59. The van der Waals surface area contributed by atoms with Gasteiger partial charge in [-0.2, -0.15) is 0 Å². The number of ether oxygens (including phenoxy) is 1. The van der Waals surface area contributed by atoms with Gasteiger partial charge in [-0.05, 0) is 29.7 Å². The van der Waals surface area contributed by atoms with Gasteiger partial charge in [-0.25, -0.2) is 4.79 Å². The molecule has 154 valence electrons. The van der Waals surface area contributed by atoms with Crippen molar-refractivity contribution in [1.82, 2.24) is 10.6 Å². The third-order valence-electron chi connectivity index (χ3n) is 4.48. The first-order chi connectivity index (χ1) is 13.8. The monoisotopic (exact) mass is 417 g/mol. The molecule has 0 unspecified atom stereocenters. The zero-order chi connectivity index (χ0) is 21.4. The molecule has 4 N–H and O–H groups in total. The minimum Gasteiger partial charge on any atom is -0.469 e. The van der Waals surface area contributed by atoms with Gasteiger partial charge in [-0.1, -0.05) is 54.1 Å². The molecule has 0 aromatic heterocycles. The molecule has 0 saturated heterocycles. The maximum Gasteiger partial charge on any atom is 0.312 e. The molecule has 0 aliphatic heterocycles. The highest BCUT2D eigenvalue weighted by Gasteiger charge is 2.24. The zero-order valence-corrected chi connectivity index (χ0v) is 17.0. The van der Waals surface area contributed by atoms with Crippen LogP contribution in [0.3, 0.4) is 0 Å². The summed E-state index contributed by atoms with van der Waals surface area (Å²) < 4.78 is 4.74. The molecule has 2 atom stereocenters. The van der Waals surface area contributed by atoms with E-state index in [1.165, 1.54) is 7.11 Å². The molecule has 0 aliphatic rings. The Labute approximate surface area is 174 Å². The van der Waals surface area contributed by atoms with E-state index in [0.29, 0.717) is 10.6 Å². The highest BCUT2D eigenvalue weighted by atomic mass is 35.5. The fourth-order valence-electron chi connectivity index (χ4n) is 3.07. The third kappa shape index (κ3) is 6.50. The number of primary amides is 1. The number of rotatable bonds is 8. The van der Waals surface area contributed by atoms with Gasteiger partial charge in [0, 0.05) is 5.02 Å². The number of aryl methyl sites for hydroxylation is 1. The van der Waals surface area contributed by atoms with E-state index in [1.807, 2.05) is 31.2 Å². The van der Waals surface area contributed by atoms with Crippen LogP contribution in [0.2, 0.25) is 5.02 Å². The lowest BCUT2D eigenvalue weighted by Crippen LogP contribution is -2.38. The predicted octanol–water partition coefficient (Wildman–Crippen LogP) is 3.17. The molecule has 0 bridgehead atoms. The SMILES string of the molecule is COC(=O)C[C@H](NC(=O)C[C@H](NC(N)=O)c1ccccc1C)c1ccccc1Cl. The summed E-state index contributed by atoms with van der Waals surface area (Å²) in [6.45, 7) is 1.88. The first-order valence-corrected chi connectivity index (χ1v) is 9.41. The predicted molar refractivity (Wildman–Crippen MR) is 110 cm³/mol. The molecule has 3 amide bonds. The molecule has 29 heavy (non-hydrogen) atoms. The number of halogens is 1. The van der Waals surface area contributed by atoms with Crippen LogP contribution < -0.4 is 16.4 Å². The van der Waals surface area contributed by atoms with Crippen LogP contribution >= 0.6 is 11.6 Å². The van der Waals surface area contributed by atoms with Gasteiger partial charge in [0.1, 0.15) is 0 Å². The molecule has 2 rings (SSSR count). The Morgan fingerprint density at radius 2 is 1.55 bits per heavy atom. The lowest BCUT2D eigenvalue weighted by Gasteiger charge is -2.23. The lowest BCUT2D eigenvalue weighted by atomic mass is 9.97. The van der Waals surface area contributed by atoms with Crippen molar-refractivity contribution in [3.63, 3.8) is 0 Å². The average molecular weight is 418 g/mol. The molecule has 0 aliphatic carbocycles. The molecule has 2 aromatic carbocycles. The average Bonchev–Trinajstić information content (AvgIpc) is 2.67. The van der Waals surface area contributed by atoms with Gasteiger partial charge in [0.25, 0.3) is 0 Å². The second kappa shape index (κ2) is 10.5. The van der Waals surface area contributed by atoms with Crippen LogP contribution in [0.25, 0.3) is 0 Å². The van der Waals surface area contributed by atoms with Crippen molar-refractivity contribution in [2.75, 3.05) is 7.11 Å². The summed E-state index contributed by atoms with van der Waals surface area (Å²) in [5.74, 6) is -0.859. The normalized spacial score (nSPS) is 12.5. The Bertz CT molecular complexity index is 888. The van der Waals surface area contributed by atoms with Gasteiger partial charge < -0.3 is 21.1 Å². The van der Waals surface area contributed by atoms with Crippen LogP contribution in [0, 0.1) is 6.92 Å². The number of carbonyl (C=O) groups is 3. The van der Waals surface area contributed by atoms with Gasteiger partial charge in [-0.3, -0.25) is 9.59 Å². The number of methoxy groups -OCH3 is 1. The van der Waals surface area contributed by atoms with E-state index in [-0.39, 0.29) is 18.7 Å². The van der Waals surface area contributed by atoms with Gasteiger partial charge >= 0.3 is 12.0 Å². The second-order valence-corrected chi connectivity index (χ2v) is 6.95. The van der Waals surface area contributed by atoms with Crippen molar-refractivity contribution in [3.05, 3.63) is 70.2 Å². The van der Waals surface area contributed by atoms with Crippen LogP contribution in [-0.2, 0) is 14.3 Å². The summed E-state index contributed by atoms with van der Waals surface area (Å²) in [6.07, 6.45) is -0.139. The van der Waals surface area contributed by atoms with Crippen molar-refractivity contribution >= 4 is 29.5 Å². The standard InChI is InChI=1S/C21H24ClN3O4/c1-13-7-3-4-8-14(13)17(25-21(23)28)11-19(26)24-18(12-20(27)29-2)15-9-5-6-10-16(15)22/h3-10,17-18H,11-12H2,1-2H3,(H,24,26)(H3,23,25,28)/t17-,18-/m0/s1. The van der Waals surface area contributed by atoms with E-state index in [9.17, 15) is 14.4 Å². The number of nitrogens with two attached hydrogens (primary N) is 1. The molecule has 0 saturated carbocycles. The molecule has 0 radical (unpaired) electrons. The number of nitrogens with one attached hydrogen (secondary N) is 2. The van der Waals surface area contributed by atoms with Crippen molar-refractivity contribution in [1.29, 1.82) is 0 Å². The van der Waals surface area contributed by atoms with E-state index < -0.39 is 24.1 Å². The van der Waals surface area contributed by atoms with E-state index in [0.717, 1.165) is 11.1 Å². The summed E-state index contributed by atoms with van der Waals surface area (Å²) in [6, 6.07) is 12.3. The number of benzene rings is 2. The summed E-state index contributed by atoms with van der Waals surface area (Å²) in [4.78, 5) is 36.1. The molecule has 0 spiro atoms. The van der Waals surface area contributed by atoms with Crippen LogP contribution in [0.4, 0.5) is 4.79 Å². The highest BCUT2D eigenvalue weighted by Crippen LogP contribution is 2.27. The van der Waals surface area contributed by atoms with Crippen LogP contribution in [-0.4, -0.2) is 25.0 Å². The molecule has 8 heteroatoms. The molecule has 7 nitrogen and oxygen atoms in total.